The number of Topliss-reactive ketones (excluding diaryl/α,β-unsaturated/α-hetero) is 1. The standard InChI is InChI=1S/C13H14Cl2O3/c1-3-18-12(17)7-11(16)8(2)13-9(14)5-4-6-10(13)15/h4-6,8H,3,7H2,1-2H3/t8-/m0/s1. The normalized spacial score (nSPS) is 12.0. The van der Waals surface area contributed by atoms with Crippen molar-refractivity contribution >= 4 is 35.0 Å². The second kappa shape index (κ2) is 6.76. The van der Waals surface area contributed by atoms with E-state index in [0.29, 0.717) is 15.6 Å². The molecule has 0 aliphatic carbocycles. The first-order chi connectivity index (χ1) is 8.47. The lowest BCUT2D eigenvalue weighted by molar-refractivity contribution is -0.145. The van der Waals surface area contributed by atoms with E-state index in [0.717, 1.165) is 0 Å². The highest BCUT2D eigenvalue weighted by atomic mass is 35.5. The Morgan fingerprint density at radius 2 is 1.83 bits per heavy atom. The van der Waals surface area contributed by atoms with Crippen LogP contribution in [-0.2, 0) is 14.3 Å². The highest BCUT2D eigenvalue weighted by Crippen LogP contribution is 2.32. The molecule has 0 spiro atoms. The summed E-state index contributed by atoms with van der Waals surface area (Å²) in [4.78, 5) is 23.2. The molecule has 1 aromatic carbocycles. The van der Waals surface area contributed by atoms with Gasteiger partial charge in [0.1, 0.15) is 6.42 Å². The Bertz CT molecular complexity index is 437. The van der Waals surface area contributed by atoms with Crippen molar-refractivity contribution in [1.29, 1.82) is 0 Å². The number of hydrogen-bond acceptors (Lipinski definition) is 3. The third kappa shape index (κ3) is 3.72. The summed E-state index contributed by atoms with van der Waals surface area (Å²) >= 11 is 12.0. The minimum atomic E-state index is -0.532. The van der Waals surface area contributed by atoms with E-state index in [1.165, 1.54) is 0 Å². The SMILES string of the molecule is CCOC(=O)CC(=O)[C@H](C)c1c(Cl)cccc1Cl. The predicted molar refractivity (Wildman–Crippen MR) is 71.1 cm³/mol. The Morgan fingerprint density at radius 1 is 1.28 bits per heavy atom. The van der Waals surface area contributed by atoms with E-state index >= 15 is 0 Å². The van der Waals surface area contributed by atoms with E-state index in [1.54, 1.807) is 32.0 Å². The van der Waals surface area contributed by atoms with Crippen molar-refractivity contribution in [1.82, 2.24) is 0 Å². The van der Waals surface area contributed by atoms with Crippen molar-refractivity contribution in [2.75, 3.05) is 6.61 Å². The van der Waals surface area contributed by atoms with Crippen molar-refractivity contribution in [3.63, 3.8) is 0 Å². The van der Waals surface area contributed by atoms with E-state index in [1.807, 2.05) is 0 Å². The molecule has 0 saturated carbocycles. The fourth-order valence-electron chi connectivity index (χ4n) is 1.59. The second-order valence-electron chi connectivity index (χ2n) is 3.81. The second-order valence-corrected chi connectivity index (χ2v) is 4.62. The maximum absolute atomic E-state index is 11.9. The number of benzene rings is 1. The number of carbonyl (C=O) groups excluding carboxylic acids is 2. The molecule has 0 aromatic heterocycles. The fourth-order valence-corrected chi connectivity index (χ4v) is 2.32. The summed E-state index contributed by atoms with van der Waals surface area (Å²) in [6.07, 6.45) is -0.267. The first-order valence-electron chi connectivity index (χ1n) is 5.59. The van der Waals surface area contributed by atoms with Gasteiger partial charge < -0.3 is 4.74 Å². The van der Waals surface area contributed by atoms with Crippen LogP contribution in [0.3, 0.4) is 0 Å². The van der Waals surface area contributed by atoms with Crippen LogP contribution in [0.25, 0.3) is 0 Å². The van der Waals surface area contributed by atoms with E-state index in [2.05, 4.69) is 0 Å². The molecule has 0 saturated heterocycles. The number of carbonyl (C=O) groups is 2. The molecule has 0 unspecified atom stereocenters. The summed E-state index contributed by atoms with van der Waals surface area (Å²) < 4.78 is 4.73. The number of rotatable bonds is 5. The van der Waals surface area contributed by atoms with Gasteiger partial charge in [0, 0.05) is 16.0 Å². The van der Waals surface area contributed by atoms with Gasteiger partial charge in [-0.2, -0.15) is 0 Å². The highest BCUT2D eigenvalue weighted by Gasteiger charge is 2.23. The van der Waals surface area contributed by atoms with Gasteiger partial charge in [0.05, 0.1) is 6.61 Å². The maximum Gasteiger partial charge on any atom is 0.313 e. The molecule has 0 aliphatic heterocycles. The van der Waals surface area contributed by atoms with Gasteiger partial charge >= 0.3 is 5.97 Å². The van der Waals surface area contributed by atoms with Crippen LogP contribution in [0, 0.1) is 0 Å². The lowest BCUT2D eigenvalue weighted by atomic mass is 9.95. The van der Waals surface area contributed by atoms with Crippen molar-refractivity contribution < 1.29 is 14.3 Å². The Kier molecular flexibility index (Phi) is 5.63. The Labute approximate surface area is 116 Å². The predicted octanol–water partition coefficient (Wildman–Crippen LogP) is 3.62. The Balaban J connectivity index is 2.84. The molecule has 1 atom stereocenters. The molecule has 0 aliphatic rings. The van der Waals surface area contributed by atoms with Gasteiger partial charge in [0.15, 0.2) is 5.78 Å². The van der Waals surface area contributed by atoms with Gasteiger partial charge in [-0.15, -0.1) is 0 Å². The summed E-state index contributed by atoms with van der Waals surface area (Å²) in [6.45, 7) is 3.62. The zero-order valence-corrected chi connectivity index (χ0v) is 11.7. The number of ether oxygens (including phenoxy) is 1. The van der Waals surface area contributed by atoms with E-state index in [-0.39, 0.29) is 18.8 Å². The zero-order chi connectivity index (χ0) is 13.7. The summed E-state index contributed by atoms with van der Waals surface area (Å²) in [5, 5.41) is 0.847. The average molecular weight is 289 g/mol. The van der Waals surface area contributed by atoms with Crippen LogP contribution >= 0.6 is 23.2 Å². The lowest BCUT2D eigenvalue weighted by Crippen LogP contribution is -2.16. The largest absolute Gasteiger partial charge is 0.466 e. The molecule has 0 radical (unpaired) electrons. The summed E-state index contributed by atoms with van der Waals surface area (Å²) in [5.74, 6) is -1.32. The molecule has 0 N–H and O–H groups in total. The molecule has 5 heteroatoms. The Hall–Kier alpha value is -1.06. The molecule has 1 aromatic rings. The lowest BCUT2D eigenvalue weighted by Gasteiger charge is -2.13. The highest BCUT2D eigenvalue weighted by molar-refractivity contribution is 6.36. The number of esters is 1. The third-order valence-electron chi connectivity index (χ3n) is 2.54. The molecule has 0 heterocycles. The van der Waals surface area contributed by atoms with Crippen LogP contribution in [0.4, 0.5) is 0 Å². The first kappa shape index (κ1) is 15.0. The van der Waals surface area contributed by atoms with Crippen molar-refractivity contribution in [2.24, 2.45) is 0 Å². The maximum atomic E-state index is 11.9. The average Bonchev–Trinajstić information content (AvgIpc) is 2.28. The van der Waals surface area contributed by atoms with Crippen molar-refractivity contribution in [3.8, 4) is 0 Å². The molecule has 3 nitrogen and oxygen atoms in total. The van der Waals surface area contributed by atoms with E-state index in [4.69, 9.17) is 27.9 Å². The summed E-state index contributed by atoms with van der Waals surface area (Å²) in [5.41, 5.74) is 0.551. The molecule has 0 bridgehead atoms. The van der Waals surface area contributed by atoms with Gasteiger partial charge in [0.2, 0.25) is 0 Å². The quantitative estimate of drug-likeness (QED) is 0.614. The molecular weight excluding hydrogens is 275 g/mol. The van der Waals surface area contributed by atoms with Crippen LogP contribution in [0.1, 0.15) is 31.7 Å². The van der Waals surface area contributed by atoms with Gasteiger partial charge in [0.25, 0.3) is 0 Å². The fraction of sp³-hybridized carbons (Fsp3) is 0.385. The number of hydrogen-bond donors (Lipinski definition) is 0. The van der Waals surface area contributed by atoms with E-state index < -0.39 is 11.9 Å². The molecule has 18 heavy (non-hydrogen) atoms. The zero-order valence-electron chi connectivity index (χ0n) is 10.2. The number of halogens is 2. The van der Waals surface area contributed by atoms with Gasteiger partial charge in [-0.05, 0) is 24.6 Å². The molecule has 0 fully saturated rings. The smallest absolute Gasteiger partial charge is 0.313 e. The third-order valence-corrected chi connectivity index (χ3v) is 3.20. The van der Waals surface area contributed by atoms with Crippen LogP contribution in [-0.4, -0.2) is 18.4 Å². The van der Waals surface area contributed by atoms with E-state index in [9.17, 15) is 9.59 Å². The molecule has 1 rings (SSSR count). The monoisotopic (exact) mass is 288 g/mol. The van der Waals surface area contributed by atoms with Crippen LogP contribution in [0.5, 0.6) is 0 Å². The van der Waals surface area contributed by atoms with Crippen molar-refractivity contribution in [3.05, 3.63) is 33.8 Å². The molecule has 0 amide bonds. The molecular formula is C13H14Cl2O3. The molecule has 98 valence electrons. The van der Waals surface area contributed by atoms with Crippen molar-refractivity contribution in [2.45, 2.75) is 26.2 Å². The first-order valence-corrected chi connectivity index (χ1v) is 6.35. The summed E-state index contributed by atoms with van der Waals surface area (Å²) in [7, 11) is 0. The number of ketones is 1. The minimum Gasteiger partial charge on any atom is -0.466 e. The van der Waals surface area contributed by atoms with Gasteiger partial charge in [-0.3, -0.25) is 9.59 Å². The van der Waals surface area contributed by atoms with Gasteiger partial charge in [-0.25, -0.2) is 0 Å². The summed E-state index contributed by atoms with van der Waals surface area (Å²) in [6, 6.07) is 5.03. The Morgan fingerprint density at radius 3 is 2.33 bits per heavy atom. The minimum absolute atomic E-state index is 0.257. The van der Waals surface area contributed by atoms with Crippen LogP contribution in [0.15, 0.2) is 18.2 Å². The van der Waals surface area contributed by atoms with Crippen LogP contribution in [0.2, 0.25) is 10.0 Å². The van der Waals surface area contributed by atoms with Gasteiger partial charge in [-0.1, -0.05) is 36.2 Å². The topological polar surface area (TPSA) is 43.4 Å². The van der Waals surface area contributed by atoms with Crippen LogP contribution < -0.4 is 0 Å².